The highest BCUT2D eigenvalue weighted by atomic mass is 16.7. The van der Waals surface area contributed by atoms with Crippen molar-refractivity contribution in [2.45, 2.75) is 64.1 Å². The molecule has 110 valence electrons. The molecule has 0 bridgehead atoms. The van der Waals surface area contributed by atoms with Crippen molar-refractivity contribution in [1.29, 1.82) is 0 Å². The molecular weight excluding hydrogens is 252 g/mol. The molecule has 0 radical (unpaired) electrons. The molecule has 3 heteroatoms. The topological polar surface area (TPSA) is 38.7 Å². The number of aliphatic hydroxyl groups excluding tert-OH is 1. The standard InChI is InChI=1S/C17H24O3/c1-12(2)14-10-13(6-9-18)11-15-16(14)20-17(19-15)7-4-3-5-8-17/h10-12,18H,3-9H2,1-2H3. The van der Waals surface area contributed by atoms with Gasteiger partial charge in [-0.1, -0.05) is 26.3 Å². The summed E-state index contributed by atoms with van der Waals surface area (Å²) in [5.41, 5.74) is 2.33. The van der Waals surface area contributed by atoms with Crippen LogP contribution in [0, 0.1) is 0 Å². The predicted octanol–water partition coefficient (Wildman–Crippen LogP) is 3.78. The van der Waals surface area contributed by atoms with E-state index in [1.807, 2.05) is 6.07 Å². The van der Waals surface area contributed by atoms with Gasteiger partial charge in [0, 0.05) is 25.0 Å². The molecule has 1 aliphatic carbocycles. The quantitative estimate of drug-likeness (QED) is 0.913. The number of hydrogen-bond donors (Lipinski definition) is 1. The summed E-state index contributed by atoms with van der Waals surface area (Å²) in [5.74, 6) is 1.79. The normalized spacial score (nSPS) is 19.8. The van der Waals surface area contributed by atoms with Crippen LogP contribution in [0.3, 0.4) is 0 Å². The number of rotatable bonds is 3. The molecule has 0 unspecified atom stereocenters. The highest BCUT2D eigenvalue weighted by molar-refractivity contribution is 5.53. The molecule has 1 aromatic carbocycles. The zero-order chi connectivity index (χ0) is 14.2. The van der Waals surface area contributed by atoms with Gasteiger partial charge in [0.05, 0.1) is 0 Å². The maximum absolute atomic E-state index is 9.17. The van der Waals surface area contributed by atoms with E-state index in [1.54, 1.807) is 0 Å². The van der Waals surface area contributed by atoms with Gasteiger partial charge in [-0.2, -0.15) is 0 Å². The monoisotopic (exact) mass is 276 g/mol. The number of benzene rings is 1. The maximum Gasteiger partial charge on any atom is 0.251 e. The van der Waals surface area contributed by atoms with E-state index < -0.39 is 5.79 Å². The van der Waals surface area contributed by atoms with Crippen molar-refractivity contribution in [1.82, 2.24) is 0 Å². The molecule has 1 aromatic rings. The summed E-state index contributed by atoms with van der Waals surface area (Å²) >= 11 is 0. The second-order valence-corrected chi connectivity index (χ2v) is 6.32. The maximum atomic E-state index is 9.17. The van der Waals surface area contributed by atoms with E-state index in [0.29, 0.717) is 12.3 Å². The van der Waals surface area contributed by atoms with E-state index in [9.17, 15) is 0 Å². The average molecular weight is 276 g/mol. The fraction of sp³-hybridized carbons (Fsp3) is 0.647. The van der Waals surface area contributed by atoms with Crippen LogP contribution in [0.25, 0.3) is 0 Å². The van der Waals surface area contributed by atoms with Crippen LogP contribution >= 0.6 is 0 Å². The molecule has 3 rings (SSSR count). The van der Waals surface area contributed by atoms with Gasteiger partial charge in [-0.15, -0.1) is 0 Å². The van der Waals surface area contributed by atoms with Gasteiger partial charge in [-0.05, 0) is 36.8 Å². The van der Waals surface area contributed by atoms with Gasteiger partial charge < -0.3 is 14.6 Å². The highest BCUT2D eigenvalue weighted by Gasteiger charge is 2.43. The molecule has 2 aliphatic rings. The Morgan fingerprint density at radius 3 is 2.55 bits per heavy atom. The number of hydrogen-bond acceptors (Lipinski definition) is 3. The molecular formula is C17H24O3. The zero-order valence-corrected chi connectivity index (χ0v) is 12.4. The van der Waals surface area contributed by atoms with Crippen LogP contribution in [-0.4, -0.2) is 17.5 Å². The Hall–Kier alpha value is -1.22. The second-order valence-electron chi connectivity index (χ2n) is 6.32. The van der Waals surface area contributed by atoms with E-state index in [4.69, 9.17) is 14.6 Å². The van der Waals surface area contributed by atoms with Crippen LogP contribution in [0.15, 0.2) is 12.1 Å². The van der Waals surface area contributed by atoms with E-state index in [1.165, 1.54) is 24.8 Å². The van der Waals surface area contributed by atoms with Gasteiger partial charge in [-0.3, -0.25) is 0 Å². The Kier molecular flexibility index (Phi) is 3.63. The lowest BCUT2D eigenvalue weighted by Crippen LogP contribution is -2.40. The van der Waals surface area contributed by atoms with Crippen molar-refractivity contribution < 1.29 is 14.6 Å². The largest absolute Gasteiger partial charge is 0.448 e. The average Bonchev–Trinajstić information content (AvgIpc) is 2.76. The van der Waals surface area contributed by atoms with Crippen molar-refractivity contribution >= 4 is 0 Å². The summed E-state index contributed by atoms with van der Waals surface area (Å²) in [7, 11) is 0. The Morgan fingerprint density at radius 2 is 1.90 bits per heavy atom. The molecule has 1 N–H and O–H groups in total. The summed E-state index contributed by atoms with van der Waals surface area (Å²) in [5, 5.41) is 9.17. The molecule has 1 heterocycles. The molecule has 0 amide bonds. The summed E-state index contributed by atoms with van der Waals surface area (Å²) in [6, 6.07) is 4.20. The Balaban J connectivity index is 1.96. The molecule has 0 aromatic heterocycles. The van der Waals surface area contributed by atoms with Crippen LogP contribution < -0.4 is 9.47 Å². The SMILES string of the molecule is CC(C)c1cc(CCO)cc2c1OC1(CCCCC1)O2. The lowest BCUT2D eigenvalue weighted by Gasteiger charge is -2.31. The van der Waals surface area contributed by atoms with Gasteiger partial charge in [0.25, 0.3) is 5.79 Å². The molecule has 1 saturated carbocycles. The van der Waals surface area contributed by atoms with Crippen molar-refractivity contribution in [3.05, 3.63) is 23.3 Å². The minimum atomic E-state index is -0.415. The van der Waals surface area contributed by atoms with Gasteiger partial charge >= 0.3 is 0 Å². The number of fused-ring (bicyclic) bond motifs is 1. The fourth-order valence-electron chi connectivity index (χ4n) is 3.27. The number of ether oxygens (including phenoxy) is 2. The molecule has 1 aliphatic heterocycles. The van der Waals surface area contributed by atoms with Crippen molar-refractivity contribution in [2.75, 3.05) is 6.61 Å². The van der Waals surface area contributed by atoms with Crippen LogP contribution in [-0.2, 0) is 6.42 Å². The summed E-state index contributed by atoms with van der Waals surface area (Å²) < 4.78 is 12.5. The summed E-state index contributed by atoms with van der Waals surface area (Å²) in [6.45, 7) is 4.52. The van der Waals surface area contributed by atoms with Gasteiger partial charge in [0.2, 0.25) is 0 Å². The van der Waals surface area contributed by atoms with Crippen LogP contribution in [0.4, 0.5) is 0 Å². The minimum absolute atomic E-state index is 0.169. The van der Waals surface area contributed by atoms with E-state index in [2.05, 4.69) is 19.9 Å². The number of aliphatic hydroxyl groups is 1. The minimum Gasteiger partial charge on any atom is -0.448 e. The van der Waals surface area contributed by atoms with Crippen LogP contribution in [0.1, 0.15) is 63.0 Å². The smallest absolute Gasteiger partial charge is 0.251 e. The highest BCUT2D eigenvalue weighted by Crippen LogP contribution is 2.49. The van der Waals surface area contributed by atoms with Gasteiger partial charge in [0.15, 0.2) is 11.5 Å². The lowest BCUT2D eigenvalue weighted by molar-refractivity contribution is -0.105. The first-order chi connectivity index (χ1) is 9.63. The van der Waals surface area contributed by atoms with E-state index in [0.717, 1.165) is 29.9 Å². The molecule has 3 nitrogen and oxygen atoms in total. The Morgan fingerprint density at radius 1 is 1.15 bits per heavy atom. The van der Waals surface area contributed by atoms with Gasteiger partial charge in [0.1, 0.15) is 0 Å². The molecule has 0 atom stereocenters. The third-order valence-corrected chi connectivity index (χ3v) is 4.37. The Bertz CT molecular complexity index is 487. The second kappa shape index (κ2) is 5.28. The van der Waals surface area contributed by atoms with Crippen LogP contribution in [0.2, 0.25) is 0 Å². The first-order valence-corrected chi connectivity index (χ1v) is 7.79. The first kappa shape index (κ1) is 13.7. The predicted molar refractivity (Wildman–Crippen MR) is 78.4 cm³/mol. The molecule has 1 fully saturated rings. The third kappa shape index (κ3) is 2.39. The van der Waals surface area contributed by atoms with Crippen molar-refractivity contribution in [2.24, 2.45) is 0 Å². The summed E-state index contributed by atoms with van der Waals surface area (Å²) in [4.78, 5) is 0. The lowest BCUT2D eigenvalue weighted by atomic mass is 9.94. The zero-order valence-electron chi connectivity index (χ0n) is 12.4. The van der Waals surface area contributed by atoms with Crippen molar-refractivity contribution in [3.63, 3.8) is 0 Å². The van der Waals surface area contributed by atoms with E-state index >= 15 is 0 Å². The van der Waals surface area contributed by atoms with Crippen LogP contribution in [0.5, 0.6) is 11.5 Å². The first-order valence-electron chi connectivity index (χ1n) is 7.79. The fourth-order valence-corrected chi connectivity index (χ4v) is 3.27. The van der Waals surface area contributed by atoms with E-state index in [-0.39, 0.29) is 6.61 Å². The van der Waals surface area contributed by atoms with Gasteiger partial charge in [-0.25, -0.2) is 0 Å². The molecule has 0 saturated heterocycles. The summed E-state index contributed by atoms with van der Waals surface area (Å²) in [6.07, 6.45) is 6.26. The molecule has 1 spiro atoms. The molecule has 20 heavy (non-hydrogen) atoms. The Labute approximate surface area is 120 Å². The third-order valence-electron chi connectivity index (χ3n) is 4.37. The van der Waals surface area contributed by atoms with Crippen molar-refractivity contribution in [3.8, 4) is 11.5 Å².